The molecule has 0 heterocycles. The van der Waals surface area contributed by atoms with Crippen molar-refractivity contribution < 1.29 is 9.53 Å². The van der Waals surface area contributed by atoms with Gasteiger partial charge in [-0.1, -0.05) is 45.1 Å². The summed E-state index contributed by atoms with van der Waals surface area (Å²) in [5.74, 6) is 2.06. The van der Waals surface area contributed by atoms with Gasteiger partial charge in [-0.3, -0.25) is 4.72 Å². The minimum absolute atomic E-state index is 0.453. The Morgan fingerprint density at radius 2 is 1.85 bits per heavy atom. The van der Waals surface area contributed by atoms with Crippen LogP contribution in [0.25, 0.3) is 0 Å². The molecule has 0 aromatic rings. The van der Waals surface area contributed by atoms with Crippen LogP contribution in [-0.4, -0.2) is 23.5 Å². The van der Waals surface area contributed by atoms with Crippen LogP contribution in [0.5, 0.6) is 0 Å². The maximum absolute atomic E-state index is 10.0. The highest BCUT2D eigenvalue weighted by molar-refractivity contribution is 7.97. The van der Waals surface area contributed by atoms with Crippen LogP contribution < -0.4 is 10.5 Å². The van der Waals surface area contributed by atoms with E-state index in [1.54, 1.807) is 20.8 Å². The Kier molecular flexibility index (Phi) is 10.1. The van der Waals surface area contributed by atoms with Crippen molar-refractivity contribution in [3.8, 4) is 0 Å². The third-order valence-electron chi connectivity index (χ3n) is 2.68. The summed E-state index contributed by atoms with van der Waals surface area (Å²) in [5.41, 5.74) is 4.26. The van der Waals surface area contributed by atoms with Crippen LogP contribution >= 0.6 is 11.9 Å². The summed E-state index contributed by atoms with van der Waals surface area (Å²) in [7, 11) is 0. The second-order valence-electron chi connectivity index (χ2n) is 6.69. The monoisotopic (exact) mass is 304 g/mol. The van der Waals surface area contributed by atoms with E-state index in [1.807, 2.05) is 11.9 Å². The maximum atomic E-state index is 10.0. The molecule has 1 saturated carbocycles. The third kappa shape index (κ3) is 14.0. The summed E-state index contributed by atoms with van der Waals surface area (Å²) in [6.45, 7) is 9.83. The first-order chi connectivity index (χ1) is 9.20. The molecular weight excluding hydrogens is 272 g/mol. The predicted octanol–water partition coefficient (Wildman–Crippen LogP) is 4.09. The molecule has 0 unspecified atom stereocenters. The molecule has 1 fully saturated rings. The number of hydrogen-bond acceptors (Lipinski definition) is 4. The summed E-state index contributed by atoms with van der Waals surface area (Å²) in [4.78, 5) is 10.0. The summed E-state index contributed by atoms with van der Waals surface area (Å²) in [6, 6.07) is 0.808. The Labute approximate surface area is 128 Å². The molecule has 1 aliphatic carbocycles. The molecule has 4 nitrogen and oxygen atoms in total. The molecule has 0 spiro atoms. The second-order valence-corrected chi connectivity index (χ2v) is 7.55. The Morgan fingerprint density at radius 3 is 2.20 bits per heavy atom. The molecule has 0 bridgehead atoms. The van der Waals surface area contributed by atoms with Gasteiger partial charge in [0.15, 0.2) is 0 Å². The maximum Gasteiger partial charge on any atom is 0.405 e. The highest BCUT2D eigenvalue weighted by atomic mass is 32.2. The first-order valence-corrected chi connectivity index (χ1v) is 8.55. The van der Waals surface area contributed by atoms with Crippen LogP contribution in [-0.2, 0) is 4.74 Å². The van der Waals surface area contributed by atoms with Crippen molar-refractivity contribution in [2.45, 2.75) is 78.4 Å². The minimum Gasteiger partial charge on any atom is -0.444 e. The molecule has 120 valence electrons. The Balaban J connectivity index is 0.000000396. The fraction of sp³-hybridized carbons (Fsp3) is 0.933. The smallest absolute Gasteiger partial charge is 0.405 e. The Bertz CT molecular complexity index is 259. The van der Waals surface area contributed by atoms with E-state index >= 15 is 0 Å². The van der Waals surface area contributed by atoms with Crippen LogP contribution in [0.15, 0.2) is 0 Å². The summed E-state index contributed by atoms with van der Waals surface area (Å²) in [6.07, 6.45) is 6.38. The van der Waals surface area contributed by atoms with Gasteiger partial charge in [-0.05, 0) is 39.5 Å². The van der Waals surface area contributed by atoms with Gasteiger partial charge in [0.1, 0.15) is 5.60 Å². The molecule has 0 radical (unpaired) electrons. The van der Waals surface area contributed by atoms with Crippen molar-refractivity contribution in [3.63, 3.8) is 0 Å². The zero-order valence-corrected chi connectivity index (χ0v) is 14.5. The van der Waals surface area contributed by atoms with E-state index in [9.17, 15) is 4.79 Å². The summed E-state index contributed by atoms with van der Waals surface area (Å²) in [5, 5.41) is 0. The molecule has 0 saturated heterocycles. The Morgan fingerprint density at radius 1 is 1.30 bits per heavy atom. The lowest BCUT2D eigenvalue weighted by molar-refractivity contribution is 0.0600. The quantitative estimate of drug-likeness (QED) is 0.768. The van der Waals surface area contributed by atoms with Gasteiger partial charge >= 0.3 is 6.09 Å². The molecule has 0 atom stereocenters. The van der Waals surface area contributed by atoms with Crippen molar-refractivity contribution in [1.82, 2.24) is 4.72 Å². The largest absolute Gasteiger partial charge is 0.444 e. The normalized spacial score (nSPS) is 16.5. The van der Waals surface area contributed by atoms with Gasteiger partial charge in [0.2, 0.25) is 0 Å². The van der Waals surface area contributed by atoms with Crippen LogP contribution in [0.3, 0.4) is 0 Å². The number of primary amides is 1. The molecule has 1 aliphatic rings. The lowest BCUT2D eigenvalue weighted by atomic mass is 9.96. The van der Waals surface area contributed by atoms with E-state index in [-0.39, 0.29) is 0 Å². The Hall–Kier alpha value is -0.420. The standard InChI is InChI=1S/C10H21NS.C5H11NO2/c1-9(2)8-12-11-10-6-4-3-5-7-10;1-5(2,3)8-4(6)7/h9-11H,3-8H2,1-2H3;1-3H3,(H2,6,7). The molecule has 0 aromatic carbocycles. The van der Waals surface area contributed by atoms with E-state index < -0.39 is 11.7 Å². The summed E-state index contributed by atoms with van der Waals surface area (Å²) < 4.78 is 8.15. The lowest BCUT2D eigenvalue weighted by Crippen LogP contribution is -2.27. The van der Waals surface area contributed by atoms with Gasteiger partial charge in [0.25, 0.3) is 0 Å². The number of hydrogen-bond donors (Lipinski definition) is 2. The number of ether oxygens (including phenoxy) is 1. The van der Waals surface area contributed by atoms with Crippen LogP contribution in [0.2, 0.25) is 0 Å². The van der Waals surface area contributed by atoms with Crippen LogP contribution in [0, 0.1) is 5.92 Å². The van der Waals surface area contributed by atoms with Gasteiger partial charge in [0, 0.05) is 11.8 Å². The lowest BCUT2D eigenvalue weighted by Gasteiger charge is -2.22. The topological polar surface area (TPSA) is 64.3 Å². The van der Waals surface area contributed by atoms with Crippen molar-refractivity contribution in [3.05, 3.63) is 0 Å². The summed E-state index contributed by atoms with van der Waals surface area (Å²) >= 11 is 1.92. The zero-order chi connectivity index (χ0) is 15.6. The molecule has 5 heteroatoms. The number of nitrogens with one attached hydrogen (secondary N) is 1. The third-order valence-corrected chi connectivity index (χ3v) is 4.01. The molecule has 3 N–H and O–H groups in total. The van der Waals surface area contributed by atoms with E-state index in [0.29, 0.717) is 0 Å². The number of carbonyl (C=O) groups excluding carboxylic acids is 1. The first-order valence-electron chi connectivity index (χ1n) is 7.56. The van der Waals surface area contributed by atoms with E-state index in [4.69, 9.17) is 5.73 Å². The van der Waals surface area contributed by atoms with Crippen molar-refractivity contribution >= 4 is 18.0 Å². The first kappa shape index (κ1) is 19.6. The number of amides is 1. The molecule has 20 heavy (non-hydrogen) atoms. The fourth-order valence-corrected chi connectivity index (χ4v) is 2.76. The number of nitrogens with two attached hydrogens (primary N) is 1. The van der Waals surface area contributed by atoms with Gasteiger partial charge < -0.3 is 10.5 Å². The van der Waals surface area contributed by atoms with E-state index in [0.717, 1.165) is 12.0 Å². The van der Waals surface area contributed by atoms with Crippen molar-refractivity contribution in [2.24, 2.45) is 11.7 Å². The van der Waals surface area contributed by atoms with Crippen LogP contribution in [0.4, 0.5) is 4.79 Å². The SMILES string of the molecule is CC(C)(C)OC(N)=O.CC(C)CSNC1CCCCC1. The molecule has 0 aliphatic heterocycles. The zero-order valence-electron chi connectivity index (χ0n) is 13.7. The van der Waals surface area contributed by atoms with Crippen LogP contribution in [0.1, 0.15) is 66.7 Å². The molecule has 1 rings (SSSR count). The fourth-order valence-electron chi connectivity index (χ4n) is 1.85. The van der Waals surface area contributed by atoms with Gasteiger partial charge in [-0.25, -0.2) is 4.79 Å². The molecular formula is C15H32N2O2S. The molecule has 1 amide bonds. The predicted molar refractivity (Wildman–Crippen MR) is 87.7 cm³/mol. The van der Waals surface area contributed by atoms with Gasteiger partial charge in [-0.15, -0.1) is 0 Å². The highest BCUT2D eigenvalue weighted by Crippen LogP contribution is 2.19. The van der Waals surface area contributed by atoms with E-state index in [2.05, 4.69) is 23.3 Å². The number of rotatable bonds is 4. The number of carbonyl (C=O) groups is 1. The average molecular weight is 305 g/mol. The van der Waals surface area contributed by atoms with Crippen molar-refractivity contribution in [1.29, 1.82) is 0 Å². The average Bonchev–Trinajstić information content (AvgIpc) is 2.27. The van der Waals surface area contributed by atoms with Gasteiger partial charge in [0.05, 0.1) is 0 Å². The second kappa shape index (κ2) is 10.3. The van der Waals surface area contributed by atoms with Crippen molar-refractivity contribution in [2.75, 3.05) is 5.75 Å². The van der Waals surface area contributed by atoms with E-state index in [1.165, 1.54) is 37.9 Å². The minimum atomic E-state index is -0.725. The van der Waals surface area contributed by atoms with Gasteiger partial charge in [-0.2, -0.15) is 0 Å². The highest BCUT2D eigenvalue weighted by Gasteiger charge is 2.13. The molecule has 0 aromatic heterocycles.